The van der Waals surface area contributed by atoms with Gasteiger partial charge in [0, 0.05) is 25.7 Å². The van der Waals surface area contributed by atoms with Crippen LogP contribution in [0.4, 0.5) is 0 Å². The summed E-state index contributed by atoms with van der Waals surface area (Å²) >= 11 is 0. The molecule has 0 aromatic rings. The predicted octanol–water partition coefficient (Wildman–Crippen LogP) is 1.26. The molecule has 4 heteroatoms. The summed E-state index contributed by atoms with van der Waals surface area (Å²) in [5, 5.41) is 3.43. The van der Waals surface area contributed by atoms with Gasteiger partial charge in [0.2, 0.25) is 0 Å². The van der Waals surface area contributed by atoms with Gasteiger partial charge in [0.1, 0.15) is 0 Å². The van der Waals surface area contributed by atoms with Crippen LogP contribution in [0.15, 0.2) is 0 Å². The van der Waals surface area contributed by atoms with E-state index in [1.54, 1.807) is 0 Å². The zero-order chi connectivity index (χ0) is 12.6. The molecule has 2 rings (SSSR count). The Hall–Kier alpha value is -0.160. The lowest BCUT2D eigenvalue weighted by molar-refractivity contribution is -0.00897. The molecule has 2 aliphatic rings. The fraction of sp³-hybridized carbons (Fsp3) is 1.00. The smallest absolute Gasteiger partial charge is 0.0634 e. The third kappa shape index (κ3) is 4.50. The van der Waals surface area contributed by atoms with Gasteiger partial charge >= 0.3 is 0 Å². The number of ether oxygens (including phenoxy) is 2. The van der Waals surface area contributed by atoms with Gasteiger partial charge in [0.05, 0.1) is 19.3 Å². The van der Waals surface area contributed by atoms with E-state index in [0.717, 1.165) is 39.5 Å². The van der Waals surface area contributed by atoms with Crippen molar-refractivity contribution in [1.29, 1.82) is 0 Å². The Labute approximate surface area is 111 Å². The normalized spacial score (nSPS) is 29.8. The highest BCUT2D eigenvalue weighted by atomic mass is 16.5. The van der Waals surface area contributed by atoms with E-state index >= 15 is 0 Å². The Kier molecular flexibility index (Phi) is 6.41. The summed E-state index contributed by atoms with van der Waals surface area (Å²) in [5.41, 5.74) is 0. The first-order chi connectivity index (χ1) is 8.90. The summed E-state index contributed by atoms with van der Waals surface area (Å²) in [5.74, 6) is 0. The topological polar surface area (TPSA) is 33.7 Å². The van der Waals surface area contributed by atoms with Gasteiger partial charge in [-0.05, 0) is 38.8 Å². The first-order valence-electron chi connectivity index (χ1n) is 7.54. The minimum Gasteiger partial charge on any atom is -0.378 e. The summed E-state index contributed by atoms with van der Waals surface area (Å²) in [6.45, 7) is 9.28. The Morgan fingerprint density at radius 3 is 3.06 bits per heavy atom. The molecule has 2 unspecified atom stereocenters. The van der Waals surface area contributed by atoms with Crippen LogP contribution in [-0.4, -0.2) is 63.0 Å². The predicted molar refractivity (Wildman–Crippen MR) is 72.9 cm³/mol. The zero-order valence-electron chi connectivity index (χ0n) is 11.7. The van der Waals surface area contributed by atoms with E-state index in [1.807, 2.05) is 0 Å². The summed E-state index contributed by atoms with van der Waals surface area (Å²) in [6, 6.07) is 0.559. The lowest BCUT2D eigenvalue weighted by Gasteiger charge is -2.35. The van der Waals surface area contributed by atoms with Crippen LogP contribution >= 0.6 is 0 Å². The highest BCUT2D eigenvalue weighted by molar-refractivity contribution is 4.77. The number of hydrogen-bond acceptors (Lipinski definition) is 4. The number of rotatable bonds is 7. The number of nitrogens with zero attached hydrogens (tertiary/aromatic N) is 1. The van der Waals surface area contributed by atoms with Crippen LogP contribution in [0.2, 0.25) is 0 Å². The number of morpholine rings is 1. The summed E-state index contributed by atoms with van der Waals surface area (Å²) in [7, 11) is 0. The molecule has 0 bridgehead atoms. The van der Waals surface area contributed by atoms with Crippen molar-refractivity contribution in [2.24, 2.45) is 0 Å². The second-order valence-corrected chi connectivity index (χ2v) is 5.35. The average molecular weight is 256 g/mol. The van der Waals surface area contributed by atoms with Crippen molar-refractivity contribution in [2.45, 2.75) is 44.8 Å². The molecular weight excluding hydrogens is 228 g/mol. The second kappa shape index (κ2) is 8.10. The zero-order valence-corrected chi connectivity index (χ0v) is 11.7. The standard InChI is InChI=1S/C14H28N2O2/c1-2-15-11-13-12-17-10-8-16(13)7-3-5-14-6-4-9-18-14/h13-15H,2-12H2,1H3. The molecule has 18 heavy (non-hydrogen) atoms. The third-order valence-electron chi connectivity index (χ3n) is 3.97. The molecule has 0 amide bonds. The van der Waals surface area contributed by atoms with Crippen LogP contribution < -0.4 is 5.32 Å². The molecule has 0 spiro atoms. The number of hydrogen-bond donors (Lipinski definition) is 1. The molecule has 106 valence electrons. The molecule has 1 N–H and O–H groups in total. The van der Waals surface area contributed by atoms with Crippen LogP contribution in [0.3, 0.4) is 0 Å². The number of likely N-dealkylation sites (N-methyl/N-ethyl adjacent to an activating group) is 1. The van der Waals surface area contributed by atoms with Crippen LogP contribution in [0, 0.1) is 0 Å². The Morgan fingerprint density at radius 2 is 2.28 bits per heavy atom. The van der Waals surface area contributed by atoms with Gasteiger partial charge in [0.25, 0.3) is 0 Å². The average Bonchev–Trinajstić information content (AvgIpc) is 2.91. The van der Waals surface area contributed by atoms with Crippen LogP contribution in [0.5, 0.6) is 0 Å². The van der Waals surface area contributed by atoms with Crippen molar-refractivity contribution in [1.82, 2.24) is 10.2 Å². The summed E-state index contributed by atoms with van der Waals surface area (Å²) in [4.78, 5) is 2.58. The van der Waals surface area contributed by atoms with Gasteiger partial charge in [-0.15, -0.1) is 0 Å². The van der Waals surface area contributed by atoms with E-state index < -0.39 is 0 Å². The molecule has 0 aromatic heterocycles. The molecule has 0 saturated carbocycles. The summed E-state index contributed by atoms with van der Waals surface area (Å²) in [6.07, 6.45) is 5.55. The van der Waals surface area contributed by atoms with Crippen molar-refractivity contribution in [2.75, 3.05) is 46.0 Å². The molecular formula is C14H28N2O2. The van der Waals surface area contributed by atoms with Crippen molar-refractivity contribution in [3.05, 3.63) is 0 Å². The maximum absolute atomic E-state index is 5.68. The van der Waals surface area contributed by atoms with Gasteiger partial charge < -0.3 is 14.8 Å². The Morgan fingerprint density at radius 1 is 1.33 bits per heavy atom. The molecule has 2 heterocycles. The second-order valence-electron chi connectivity index (χ2n) is 5.35. The Bertz CT molecular complexity index is 220. The van der Waals surface area contributed by atoms with E-state index in [0.29, 0.717) is 12.1 Å². The van der Waals surface area contributed by atoms with Crippen molar-refractivity contribution in [3.8, 4) is 0 Å². The van der Waals surface area contributed by atoms with Gasteiger partial charge in [0.15, 0.2) is 0 Å². The number of nitrogens with one attached hydrogen (secondary N) is 1. The van der Waals surface area contributed by atoms with Gasteiger partial charge in [-0.3, -0.25) is 4.90 Å². The molecule has 2 aliphatic heterocycles. The maximum atomic E-state index is 5.68. The monoisotopic (exact) mass is 256 g/mol. The highest BCUT2D eigenvalue weighted by Crippen LogP contribution is 2.17. The molecule has 2 saturated heterocycles. The van der Waals surface area contributed by atoms with Crippen molar-refractivity contribution >= 4 is 0 Å². The third-order valence-corrected chi connectivity index (χ3v) is 3.97. The molecule has 2 fully saturated rings. The highest BCUT2D eigenvalue weighted by Gasteiger charge is 2.22. The van der Waals surface area contributed by atoms with Crippen LogP contribution in [-0.2, 0) is 9.47 Å². The largest absolute Gasteiger partial charge is 0.378 e. The minimum absolute atomic E-state index is 0.540. The van der Waals surface area contributed by atoms with Crippen LogP contribution in [0.25, 0.3) is 0 Å². The summed E-state index contributed by atoms with van der Waals surface area (Å²) < 4.78 is 11.3. The van der Waals surface area contributed by atoms with E-state index in [9.17, 15) is 0 Å². The lowest BCUT2D eigenvalue weighted by atomic mass is 10.1. The SMILES string of the molecule is CCNCC1COCCN1CCCC1CCCO1. The van der Waals surface area contributed by atoms with Gasteiger partial charge in [-0.2, -0.15) is 0 Å². The molecule has 0 aliphatic carbocycles. The molecule has 0 radical (unpaired) electrons. The quantitative estimate of drug-likeness (QED) is 0.743. The first-order valence-corrected chi connectivity index (χ1v) is 7.54. The molecule has 0 aromatic carbocycles. The van der Waals surface area contributed by atoms with Crippen molar-refractivity contribution < 1.29 is 9.47 Å². The van der Waals surface area contributed by atoms with Crippen molar-refractivity contribution in [3.63, 3.8) is 0 Å². The van der Waals surface area contributed by atoms with E-state index in [-0.39, 0.29) is 0 Å². The lowest BCUT2D eigenvalue weighted by Crippen LogP contribution is -2.50. The van der Waals surface area contributed by atoms with Gasteiger partial charge in [-0.25, -0.2) is 0 Å². The fourth-order valence-electron chi connectivity index (χ4n) is 2.88. The Balaban J connectivity index is 1.64. The van der Waals surface area contributed by atoms with E-state index in [4.69, 9.17) is 9.47 Å². The maximum Gasteiger partial charge on any atom is 0.0634 e. The van der Waals surface area contributed by atoms with E-state index in [2.05, 4.69) is 17.1 Å². The molecule has 2 atom stereocenters. The first kappa shape index (κ1) is 14.3. The fourth-order valence-corrected chi connectivity index (χ4v) is 2.88. The van der Waals surface area contributed by atoms with E-state index in [1.165, 1.54) is 32.2 Å². The molecule has 4 nitrogen and oxygen atoms in total. The van der Waals surface area contributed by atoms with Crippen LogP contribution in [0.1, 0.15) is 32.6 Å². The van der Waals surface area contributed by atoms with Gasteiger partial charge in [-0.1, -0.05) is 6.92 Å². The minimum atomic E-state index is 0.540.